The zero-order valence-electron chi connectivity index (χ0n) is 15.2. The first-order chi connectivity index (χ1) is 13.5. The van der Waals surface area contributed by atoms with Crippen LogP contribution < -0.4 is 15.4 Å². The quantitative estimate of drug-likeness (QED) is 0.599. The van der Waals surface area contributed by atoms with Crippen LogP contribution in [0.3, 0.4) is 0 Å². The van der Waals surface area contributed by atoms with E-state index in [1.165, 1.54) is 23.8 Å². The molecule has 7 heteroatoms. The van der Waals surface area contributed by atoms with Crippen molar-refractivity contribution < 1.29 is 13.9 Å². The molecule has 0 saturated carbocycles. The van der Waals surface area contributed by atoms with E-state index in [1.54, 1.807) is 25.4 Å². The Labute approximate surface area is 167 Å². The van der Waals surface area contributed by atoms with Gasteiger partial charge in [-0.2, -0.15) is 0 Å². The van der Waals surface area contributed by atoms with Crippen LogP contribution in [0, 0.1) is 5.82 Å². The lowest BCUT2D eigenvalue weighted by Crippen LogP contribution is -2.14. The molecule has 5 nitrogen and oxygen atoms in total. The molecule has 3 rings (SSSR count). The maximum absolute atomic E-state index is 13.2. The normalized spacial score (nSPS) is 10.4. The number of ether oxygens (including phenoxy) is 1. The second-order valence-electron chi connectivity index (χ2n) is 6.04. The van der Waals surface area contributed by atoms with Gasteiger partial charge >= 0.3 is 0 Å². The fraction of sp³-hybridized carbons (Fsp3) is 0.143. The molecule has 0 bridgehead atoms. The Morgan fingerprint density at radius 1 is 1.11 bits per heavy atom. The molecular weight excluding hydrogens is 381 g/mol. The summed E-state index contributed by atoms with van der Waals surface area (Å²) >= 11 is 5.72. The molecule has 0 aliphatic carbocycles. The monoisotopic (exact) mass is 399 g/mol. The molecule has 1 amide bonds. The minimum Gasteiger partial charge on any atom is -0.497 e. The summed E-state index contributed by atoms with van der Waals surface area (Å²) in [5, 5.41) is 5.85. The zero-order valence-corrected chi connectivity index (χ0v) is 16.0. The van der Waals surface area contributed by atoms with E-state index < -0.39 is 11.7 Å². The van der Waals surface area contributed by atoms with Gasteiger partial charge in [0.25, 0.3) is 5.91 Å². The number of anilines is 2. The van der Waals surface area contributed by atoms with Gasteiger partial charge in [0.15, 0.2) is 0 Å². The predicted octanol–water partition coefficient (Wildman–Crippen LogP) is 4.79. The van der Waals surface area contributed by atoms with Gasteiger partial charge in [-0.1, -0.05) is 23.7 Å². The lowest BCUT2D eigenvalue weighted by molar-refractivity contribution is 0.102. The third kappa shape index (κ3) is 5.20. The van der Waals surface area contributed by atoms with Crippen molar-refractivity contribution in [3.05, 3.63) is 82.9 Å². The van der Waals surface area contributed by atoms with Gasteiger partial charge in [-0.3, -0.25) is 4.79 Å². The Hall–Kier alpha value is -3.12. The Kier molecular flexibility index (Phi) is 6.45. The molecule has 2 aromatic carbocycles. The number of aromatic nitrogens is 1. The van der Waals surface area contributed by atoms with Gasteiger partial charge in [-0.25, -0.2) is 9.37 Å². The number of halogens is 2. The van der Waals surface area contributed by atoms with Crippen LogP contribution in [0.25, 0.3) is 0 Å². The van der Waals surface area contributed by atoms with Crippen molar-refractivity contribution in [3.63, 3.8) is 0 Å². The number of amides is 1. The number of carbonyl (C=O) groups is 1. The van der Waals surface area contributed by atoms with Gasteiger partial charge in [-0.15, -0.1) is 0 Å². The van der Waals surface area contributed by atoms with Crippen molar-refractivity contribution in [3.8, 4) is 5.75 Å². The second-order valence-corrected chi connectivity index (χ2v) is 6.45. The van der Waals surface area contributed by atoms with E-state index in [-0.39, 0.29) is 10.7 Å². The lowest BCUT2D eigenvalue weighted by Gasteiger charge is -2.08. The average Bonchev–Trinajstić information content (AvgIpc) is 2.72. The average molecular weight is 400 g/mol. The first-order valence-corrected chi connectivity index (χ1v) is 9.02. The molecule has 1 heterocycles. The number of hydrogen-bond donors (Lipinski definition) is 2. The molecule has 0 fully saturated rings. The lowest BCUT2D eigenvalue weighted by atomic mass is 10.1. The maximum atomic E-state index is 13.2. The molecule has 0 radical (unpaired) electrons. The number of benzene rings is 2. The van der Waals surface area contributed by atoms with Crippen molar-refractivity contribution in [2.45, 2.75) is 6.42 Å². The highest BCUT2D eigenvalue weighted by Gasteiger charge is 2.09. The molecule has 0 saturated heterocycles. The number of nitrogens with zero attached hydrogens (tertiary/aromatic N) is 1. The van der Waals surface area contributed by atoms with E-state index >= 15 is 0 Å². The van der Waals surface area contributed by atoms with Crippen LogP contribution in [0.15, 0.2) is 60.8 Å². The molecule has 1 aromatic heterocycles. The first-order valence-electron chi connectivity index (χ1n) is 8.64. The van der Waals surface area contributed by atoms with Crippen molar-refractivity contribution in [1.29, 1.82) is 0 Å². The third-order valence-corrected chi connectivity index (χ3v) is 4.37. The topological polar surface area (TPSA) is 63.2 Å². The third-order valence-electron chi connectivity index (χ3n) is 4.08. The van der Waals surface area contributed by atoms with Crippen LogP contribution in [0.1, 0.15) is 16.1 Å². The molecule has 0 atom stereocenters. The van der Waals surface area contributed by atoms with Crippen molar-refractivity contribution in [2.24, 2.45) is 0 Å². The van der Waals surface area contributed by atoms with Crippen LogP contribution in [0.5, 0.6) is 5.75 Å². The van der Waals surface area contributed by atoms with Gasteiger partial charge in [0, 0.05) is 12.2 Å². The fourth-order valence-corrected chi connectivity index (χ4v) is 2.73. The number of pyridine rings is 1. The van der Waals surface area contributed by atoms with Gasteiger partial charge in [-0.05, 0) is 54.4 Å². The number of carbonyl (C=O) groups excluding carboxylic acids is 1. The molecule has 28 heavy (non-hydrogen) atoms. The maximum Gasteiger partial charge on any atom is 0.274 e. The highest BCUT2D eigenvalue weighted by atomic mass is 35.5. The summed E-state index contributed by atoms with van der Waals surface area (Å²) in [6, 6.07) is 15.3. The first kappa shape index (κ1) is 19.6. The molecule has 0 aliphatic heterocycles. The number of hydrogen-bond acceptors (Lipinski definition) is 4. The Bertz CT molecular complexity index is 947. The fourth-order valence-electron chi connectivity index (χ4n) is 2.55. The van der Waals surface area contributed by atoms with E-state index in [0.717, 1.165) is 24.4 Å². The van der Waals surface area contributed by atoms with Crippen LogP contribution in [0.4, 0.5) is 15.8 Å². The molecule has 3 aromatic rings. The molecule has 2 N–H and O–H groups in total. The van der Waals surface area contributed by atoms with Gasteiger partial charge in [0.05, 0.1) is 24.0 Å². The second kappa shape index (κ2) is 9.19. The number of rotatable bonds is 7. The summed E-state index contributed by atoms with van der Waals surface area (Å²) in [5.41, 5.74) is 2.66. The number of methoxy groups -OCH3 is 1. The van der Waals surface area contributed by atoms with Crippen molar-refractivity contribution >= 4 is 28.9 Å². The highest BCUT2D eigenvalue weighted by molar-refractivity contribution is 6.31. The Balaban J connectivity index is 1.52. The number of nitrogens with one attached hydrogen (secondary N) is 2. The van der Waals surface area contributed by atoms with E-state index in [1.807, 2.05) is 24.3 Å². The van der Waals surface area contributed by atoms with Crippen molar-refractivity contribution in [2.75, 3.05) is 24.3 Å². The summed E-state index contributed by atoms with van der Waals surface area (Å²) in [5.74, 6) is -0.104. The molecule has 0 unspecified atom stereocenters. The molecule has 0 spiro atoms. The predicted molar refractivity (Wildman–Crippen MR) is 109 cm³/mol. The summed E-state index contributed by atoms with van der Waals surface area (Å²) in [6.45, 7) is 0.730. The molecule has 0 aliphatic rings. The summed E-state index contributed by atoms with van der Waals surface area (Å²) in [4.78, 5) is 16.4. The highest BCUT2D eigenvalue weighted by Crippen LogP contribution is 2.20. The Morgan fingerprint density at radius 2 is 1.86 bits per heavy atom. The molecule has 144 valence electrons. The van der Waals surface area contributed by atoms with E-state index in [4.69, 9.17) is 16.3 Å². The van der Waals surface area contributed by atoms with Crippen molar-refractivity contribution in [1.82, 2.24) is 4.98 Å². The summed E-state index contributed by atoms with van der Waals surface area (Å²) < 4.78 is 18.3. The van der Waals surface area contributed by atoms with Gasteiger partial charge < -0.3 is 15.4 Å². The summed E-state index contributed by atoms with van der Waals surface area (Å²) in [7, 11) is 1.64. The molecular formula is C21H19ClFN3O2. The minimum absolute atomic E-state index is 0.0535. The van der Waals surface area contributed by atoms with Crippen LogP contribution in [0.2, 0.25) is 5.02 Å². The smallest absolute Gasteiger partial charge is 0.274 e. The SMILES string of the molecule is COc1ccc(CCNc2ccc(C(=O)Nc3ccc(F)c(Cl)c3)nc2)cc1. The zero-order chi connectivity index (χ0) is 19.9. The largest absolute Gasteiger partial charge is 0.497 e. The van der Waals surface area contributed by atoms with Gasteiger partial charge in [0.2, 0.25) is 0 Å². The standard InChI is InChI=1S/C21H19ClFN3O2/c1-28-17-6-2-14(3-7-17)10-11-24-16-5-9-20(25-13-16)21(27)26-15-4-8-19(23)18(22)12-15/h2-9,12-13,24H,10-11H2,1H3,(H,26,27). The van der Waals surface area contributed by atoms with E-state index in [9.17, 15) is 9.18 Å². The van der Waals surface area contributed by atoms with Gasteiger partial charge in [0.1, 0.15) is 17.3 Å². The van der Waals surface area contributed by atoms with E-state index in [2.05, 4.69) is 15.6 Å². The van der Waals surface area contributed by atoms with E-state index in [0.29, 0.717) is 5.69 Å². The Morgan fingerprint density at radius 3 is 2.50 bits per heavy atom. The van der Waals surface area contributed by atoms with Crippen LogP contribution in [-0.2, 0) is 6.42 Å². The van der Waals surface area contributed by atoms with Crippen LogP contribution >= 0.6 is 11.6 Å². The summed E-state index contributed by atoms with van der Waals surface area (Å²) in [6.07, 6.45) is 2.44. The van der Waals surface area contributed by atoms with Crippen LogP contribution in [-0.4, -0.2) is 24.5 Å². The minimum atomic E-state index is -0.539.